The Hall–Kier alpha value is -2.35. The van der Waals surface area contributed by atoms with Gasteiger partial charge in [0.2, 0.25) is 0 Å². The SMILES string of the molecule is CN=C(NCC(C)c1c(C)noc1C)N1CCOC(c2cnn(C)c2)C1. The fraction of sp³-hybridized carbons (Fsp3) is 0.611. The minimum absolute atomic E-state index is 0.0102. The zero-order valence-corrected chi connectivity index (χ0v) is 16.2. The van der Waals surface area contributed by atoms with Crippen LogP contribution in [0.2, 0.25) is 0 Å². The largest absolute Gasteiger partial charge is 0.370 e. The van der Waals surface area contributed by atoms with Gasteiger partial charge in [0, 0.05) is 50.4 Å². The Labute approximate surface area is 154 Å². The predicted octanol–water partition coefficient (Wildman–Crippen LogP) is 1.78. The Morgan fingerprint density at radius 3 is 2.88 bits per heavy atom. The molecule has 2 unspecified atom stereocenters. The number of aliphatic imine (C=N–C) groups is 1. The van der Waals surface area contributed by atoms with Crippen molar-refractivity contribution in [2.24, 2.45) is 12.0 Å². The minimum Gasteiger partial charge on any atom is -0.370 e. The number of aryl methyl sites for hydroxylation is 3. The van der Waals surface area contributed by atoms with E-state index in [1.165, 1.54) is 5.56 Å². The van der Waals surface area contributed by atoms with E-state index in [4.69, 9.17) is 9.26 Å². The second-order valence-electron chi connectivity index (χ2n) is 6.82. The highest BCUT2D eigenvalue weighted by atomic mass is 16.5. The van der Waals surface area contributed by atoms with Gasteiger partial charge in [0.25, 0.3) is 0 Å². The zero-order valence-electron chi connectivity index (χ0n) is 16.2. The second-order valence-corrected chi connectivity index (χ2v) is 6.82. The molecule has 0 aliphatic carbocycles. The lowest BCUT2D eigenvalue weighted by atomic mass is 10.00. The lowest BCUT2D eigenvalue weighted by Crippen LogP contribution is -2.48. The molecule has 1 N–H and O–H groups in total. The summed E-state index contributed by atoms with van der Waals surface area (Å²) in [6.45, 7) is 9.12. The first-order chi connectivity index (χ1) is 12.5. The fourth-order valence-corrected chi connectivity index (χ4v) is 3.52. The molecule has 3 rings (SSSR count). The highest BCUT2D eigenvalue weighted by Gasteiger charge is 2.25. The number of aromatic nitrogens is 3. The third-order valence-corrected chi connectivity index (χ3v) is 4.82. The number of guanidine groups is 1. The molecule has 0 radical (unpaired) electrons. The van der Waals surface area contributed by atoms with E-state index in [2.05, 4.69) is 32.4 Å². The molecule has 1 fully saturated rings. The van der Waals surface area contributed by atoms with Gasteiger partial charge in [0.15, 0.2) is 5.96 Å². The van der Waals surface area contributed by atoms with Crippen LogP contribution in [-0.4, -0.2) is 59.1 Å². The summed E-state index contributed by atoms with van der Waals surface area (Å²) in [7, 11) is 3.73. The van der Waals surface area contributed by atoms with E-state index in [0.717, 1.165) is 42.6 Å². The average Bonchev–Trinajstić information content (AvgIpc) is 3.21. The summed E-state index contributed by atoms with van der Waals surface area (Å²) < 4.78 is 13.0. The molecule has 1 aliphatic rings. The Morgan fingerprint density at radius 1 is 1.46 bits per heavy atom. The number of nitrogens with zero attached hydrogens (tertiary/aromatic N) is 5. The predicted molar refractivity (Wildman–Crippen MR) is 99.2 cm³/mol. The van der Waals surface area contributed by atoms with E-state index in [-0.39, 0.29) is 12.0 Å². The molecular weight excluding hydrogens is 332 g/mol. The number of hydrogen-bond acceptors (Lipinski definition) is 5. The molecular formula is C18H28N6O2. The summed E-state index contributed by atoms with van der Waals surface area (Å²) in [6.07, 6.45) is 3.88. The smallest absolute Gasteiger partial charge is 0.193 e. The summed E-state index contributed by atoms with van der Waals surface area (Å²) in [5, 5.41) is 11.8. The summed E-state index contributed by atoms with van der Waals surface area (Å²) in [5.41, 5.74) is 3.22. The van der Waals surface area contributed by atoms with Gasteiger partial charge in [-0.3, -0.25) is 9.67 Å². The van der Waals surface area contributed by atoms with Crippen molar-refractivity contribution in [1.29, 1.82) is 0 Å². The average molecular weight is 360 g/mol. The first-order valence-corrected chi connectivity index (χ1v) is 8.98. The topological polar surface area (TPSA) is 80.7 Å². The van der Waals surface area contributed by atoms with Crippen LogP contribution in [-0.2, 0) is 11.8 Å². The van der Waals surface area contributed by atoms with Crippen LogP contribution in [0.1, 0.15) is 41.5 Å². The maximum atomic E-state index is 5.92. The van der Waals surface area contributed by atoms with Crippen LogP contribution in [0.4, 0.5) is 0 Å². The van der Waals surface area contributed by atoms with Crippen molar-refractivity contribution in [3.05, 3.63) is 35.0 Å². The zero-order chi connectivity index (χ0) is 18.7. The Balaban J connectivity index is 1.61. The minimum atomic E-state index is 0.0102. The summed E-state index contributed by atoms with van der Waals surface area (Å²) in [5.74, 6) is 2.06. The van der Waals surface area contributed by atoms with Gasteiger partial charge in [0.05, 0.1) is 25.0 Å². The molecule has 0 amide bonds. The molecule has 3 heterocycles. The Morgan fingerprint density at radius 2 is 2.27 bits per heavy atom. The van der Waals surface area contributed by atoms with Crippen molar-refractivity contribution in [3.63, 3.8) is 0 Å². The lowest BCUT2D eigenvalue weighted by molar-refractivity contribution is -0.00803. The van der Waals surface area contributed by atoms with Gasteiger partial charge in [-0.2, -0.15) is 5.10 Å². The van der Waals surface area contributed by atoms with Crippen LogP contribution < -0.4 is 5.32 Å². The summed E-state index contributed by atoms with van der Waals surface area (Å²) >= 11 is 0. The quantitative estimate of drug-likeness (QED) is 0.661. The third kappa shape index (κ3) is 3.90. The molecule has 0 spiro atoms. The molecule has 8 nitrogen and oxygen atoms in total. The van der Waals surface area contributed by atoms with Crippen LogP contribution >= 0.6 is 0 Å². The van der Waals surface area contributed by atoms with E-state index in [1.54, 1.807) is 4.68 Å². The lowest BCUT2D eigenvalue weighted by Gasteiger charge is -2.35. The Bertz CT molecular complexity index is 746. The normalized spacial score (nSPS) is 19.7. The third-order valence-electron chi connectivity index (χ3n) is 4.82. The summed E-state index contributed by atoms with van der Waals surface area (Å²) in [6, 6.07) is 0. The molecule has 142 valence electrons. The fourth-order valence-electron chi connectivity index (χ4n) is 3.52. The number of nitrogens with one attached hydrogen (secondary N) is 1. The van der Waals surface area contributed by atoms with Gasteiger partial charge in [0.1, 0.15) is 11.9 Å². The van der Waals surface area contributed by atoms with E-state index in [1.807, 2.05) is 40.3 Å². The van der Waals surface area contributed by atoms with E-state index < -0.39 is 0 Å². The Kier molecular flexibility index (Phi) is 5.61. The molecule has 1 saturated heterocycles. The van der Waals surface area contributed by atoms with Crippen molar-refractivity contribution in [2.75, 3.05) is 33.3 Å². The molecule has 0 bridgehead atoms. The number of rotatable bonds is 4. The number of hydrogen-bond donors (Lipinski definition) is 1. The standard InChI is InChI=1S/C18H28N6O2/c1-12(17-13(2)22-26-14(17)3)8-20-18(19-4)24-6-7-25-16(11-24)15-9-21-23(5)10-15/h9-10,12,16H,6-8,11H2,1-5H3,(H,19,20). The first kappa shape index (κ1) is 18.4. The van der Waals surface area contributed by atoms with Gasteiger partial charge < -0.3 is 19.5 Å². The van der Waals surface area contributed by atoms with Gasteiger partial charge in [-0.05, 0) is 13.8 Å². The maximum absolute atomic E-state index is 5.92. The van der Waals surface area contributed by atoms with Crippen molar-refractivity contribution in [3.8, 4) is 0 Å². The van der Waals surface area contributed by atoms with Crippen LogP contribution in [0.5, 0.6) is 0 Å². The molecule has 2 aromatic rings. The van der Waals surface area contributed by atoms with Crippen LogP contribution in [0.3, 0.4) is 0 Å². The second kappa shape index (κ2) is 7.90. The molecule has 2 atom stereocenters. The number of ether oxygens (including phenoxy) is 1. The molecule has 0 saturated carbocycles. The van der Waals surface area contributed by atoms with Crippen LogP contribution in [0.15, 0.2) is 21.9 Å². The van der Waals surface area contributed by atoms with Crippen LogP contribution in [0, 0.1) is 13.8 Å². The monoisotopic (exact) mass is 360 g/mol. The highest BCUT2D eigenvalue weighted by Crippen LogP contribution is 2.23. The highest BCUT2D eigenvalue weighted by molar-refractivity contribution is 5.80. The van der Waals surface area contributed by atoms with Gasteiger partial charge in [-0.1, -0.05) is 12.1 Å². The molecule has 8 heteroatoms. The van der Waals surface area contributed by atoms with Crippen molar-refractivity contribution >= 4 is 5.96 Å². The molecule has 2 aromatic heterocycles. The molecule has 0 aromatic carbocycles. The van der Waals surface area contributed by atoms with E-state index in [0.29, 0.717) is 6.61 Å². The van der Waals surface area contributed by atoms with Crippen molar-refractivity contribution < 1.29 is 9.26 Å². The first-order valence-electron chi connectivity index (χ1n) is 8.98. The van der Waals surface area contributed by atoms with Crippen molar-refractivity contribution in [2.45, 2.75) is 32.8 Å². The maximum Gasteiger partial charge on any atom is 0.193 e. The van der Waals surface area contributed by atoms with Crippen molar-refractivity contribution in [1.82, 2.24) is 25.2 Å². The van der Waals surface area contributed by atoms with Gasteiger partial charge in [-0.15, -0.1) is 0 Å². The van der Waals surface area contributed by atoms with E-state index in [9.17, 15) is 0 Å². The number of morpholine rings is 1. The van der Waals surface area contributed by atoms with Gasteiger partial charge >= 0.3 is 0 Å². The van der Waals surface area contributed by atoms with E-state index >= 15 is 0 Å². The summed E-state index contributed by atoms with van der Waals surface area (Å²) in [4.78, 5) is 6.70. The molecule has 1 aliphatic heterocycles. The van der Waals surface area contributed by atoms with Gasteiger partial charge in [-0.25, -0.2) is 0 Å². The van der Waals surface area contributed by atoms with Crippen LogP contribution in [0.25, 0.3) is 0 Å². The molecule has 26 heavy (non-hydrogen) atoms.